The molecular formula is C16H17BrFN. The van der Waals surface area contributed by atoms with Crippen LogP contribution in [0, 0.1) is 19.7 Å². The summed E-state index contributed by atoms with van der Waals surface area (Å²) in [5.41, 5.74) is 10.6. The normalized spacial score (nSPS) is 12.5. The molecule has 19 heavy (non-hydrogen) atoms. The summed E-state index contributed by atoms with van der Waals surface area (Å²) < 4.78 is 14.2. The molecule has 2 aromatic rings. The zero-order valence-electron chi connectivity index (χ0n) is 11.1. The Labute approximate surface area is 121 Å². The zero-order valence-corrected chi connectivity index (χ0v) is 12.7. The van der Waals surface area contributed by atoms with E-state index < -0.39 is 0 Å². The maximum Gasteiger partial charge on any atom is 0.123 e. The lowest BCUT2D eigenvalue weighted by Crippen LogP contribution is -2.14. The first kappa shape index (κ1) is 14.2. The van der Waals surface area contributed by atoms with E-state index in [1.54, 1.807) is 6.07 Å². The second kappa shape index (κ2) is 5.85. The van der Waals surface area contributed by atoms with Crippen molar-refractivity contribution in [1.82, 2.24) is 0 Å². The number of halogens is 2. The van der Waals surface area contributed by atoms with Crippen molar-refractivity contribution in [2.24, 2.45) is 5.73 Å². The standard InChI is InChI=1S/C16H17BrFN/c1-10-5-11(2)7-13(6-10)16(19)9-12-8-14(18)3-4-15(12)17/h3-8,16H,9,19H2,1-2H3. The molecular weight excluding hydrogens is 305 g/mol. The van der Waals surface area contributed by atoms with E-state index >= 15 is 0 Å². The van der Waals surface area contributed by atoms with E-state index in [9.17, 15) is 4.39 Å². The fourth-order valence-corrected chi connectivity index (χ4v) is 2.69. The molecule has 0 saturated carbocycles. The number of hydrogen-bond donors (Lipinski definition) is 1. The molecule has 3 heteroatoms. The summed E-state index contributed by atoms with van der Waals surface area (Å²) in [6.45, 7) is 4.11. The summed E-state index contributed by atoms with van der Waals surface area (Å²) in [7, 11) is 0. The van der Waals surface area contributed by atoms with E-state index in [0.717, 1.165) is 15.6 Å². The van der Waals surface area contributed by atoms with Gasteiger partial charge in [0.15, 0.2) is 0 Å². The van der Waals surface area contributed by atoms with E-state index in [1.165, 1.54) is 23.3 Å². The van der Waals surface area contributed by atoms with Crippen LogP contribution >= 0.6 is 15.9 Å². The zero-order chi connectivity index (χ0) is 14.0. The van der Waals surface area contributed by atoms with Gasteiger partial charge in [-0.1, -0.05) is 45.3 Å². The summed E-state index contributed by atoms with van der Waals surface area (Å²) in [6, 6.07) is 10.9. The molecule has 0 radical (unpaired) electrons. The van der Waals surface area contributed by atoms with Crippen molar-refractivity contribution < 1.29 is 4.39 Å². The van der Waals surface area contributed by atoms with Crippen molar-refractivity contribution in [3.8, 4) is 0 Å². The minimum atomic E-state index is -0.231. The van der Waals surface area contributed by atoms with Crippen molar-refractivity contribution in [3.63, 3.8) is 0 Å². The van der Waals surface area contributed by atoms with Crippen LogP contribution in [-0.2, 0) is 6.42 Å². The van der Waals surface area contributed by atoms with E-state index in [2.05, 4.69) is 48.0 Å². The van der Waals surface area contributed by atoms with Crippen LogP contribution in [-0.4, -0.2) is 0 Å². The van der Waals surface area contributed by atoms with Gasteiger partial charge in [0.1, 0.15) is 5.82 Å². The molecule has 2 N–H and O–H groups in total. The Morgan fingerprint density at radius 1 is 1.11 bits per heavy atom. The van der Waals surface area contributed by atoms with Crippen LogP contribution in [0.2, 0.25) is 0 Å². The topological polar surface area (TPSA) is 26.0 Å². The van der Waals surface area contributed by atoms with Gasteiger partial charge < -0.3 is 5.73 Å². The lowest BCUT2D eigenvalue weighted by molar-refractivity contribution is 0.621. The van der Waals surface area contributed by atoms with Crippen molar-refractivity contribution in [1.29, 1.82) is 0 Å². The predicted molar refractivity (Wildman–Crippen MR) is 80.6 cm³/mol. The molecule has 0 spiro atoms. The maximum absolute atomic E-state index is 13.3. The molecule has 0 aliphatic carbocycles. The number of benzene rings is 2. The lowest BCUT2D eigenvalue weighted by atomic mass is 9.96. The van der Waals surface area contributed by atoms with Gasteiger partial charge in [0.05, 0.1) is 0 Å². The van der Waals surface area contributed by atoms with Crippen LogP contribution in [0.5, 0.6) is 0 Å². The fourth-order valence-electron chi connectivity index (χ4n) is 2.28. The number of rotatable bonds is 3. The Hall–Kier alpha value is -1.19. The summed E-state index contributed by atoms with van der Waals surface area (Å²) in [4.78, 5) is 0. The van der Waals surface area contributed by atoms with E-state index in [4.69, 9.17) is 5.73 Å². The summed E-state index contributed by atoms with van der Waals surface area (Å²) in [5, 5.41) is 0. The fraction of sp³-hybridized carbons (Fsp3) is 0.250. The highest BCUT2D eigenvalue weighted by Crippen LogP contribution is 2.24. The Balaban J connectivity index is 2.25. The van der Waals surface area contributed by atoms with Gasteiger partial charge in [0.25, 0.3) is 0 Å². The second-order valence-electron chi connectivity index (χ2n) is 4.97. The van der Waals surface area contributed by atoms with E-state index in [1.807, 2.05) is 0 Å². The van der Waals surface area contributed by atoms with Gasteiger partial charge in [-0.3, -0.25) is 0 Å². The van der Waals surface area contributed by atoms with Crippen LogP contribution in [0.4, 0.5) is 4.39 Å². The quantitative estimate of drug-likeness (QED) is 0.888. The largest absolute Gasteiger partial charge is 0.324 e. The van der Waals surface area contributed by atoms with Crippen molar-refractivity contribution in [3.05, 3.63) is 68.9 Å². The molecule has 0 aromatic heterocycles. The Morgan fingerprint density at radius 2 is 1.74 bits per heavy atom. The Kier molecular flexibility index (Phi) is 4.38. The monoisotopic (exact) mass is 321 g/mol. The van der Waals surface area contributed by atoms with Gasteiger partial charge in [0, 0.05) is 10.5 Å². The molecule has 100 valence electrons. The molecule has 2 rings (SSSR count). The third kappa shape index (κ3) is 3.64. The average molecular weight is 322 g/mol. The van der Waals surface area contributed by atoms with Crippen LogP contribution in [0.25, 0.3) is 0 Å². The third-order valence-electron chi connectivity index (χ3n) is 3.12. The summed E-state index contributed by atoms with van der Waals surface area (Å²) >= 11 is 3.44. The van der Waals surface area contributed by atoms with E-state index in [-0.39, 0.29) is 11.9 Å². The first-order valence-corrected chi connectivity index (χ1v) is 7.02. The van der Waals surface area contributed by atoms with Crippen LogP contribution in [0.1, 0.15) is 28.3 Å². The van der Waals surface area contributed by atoms with Gasteiger partial charge in [-0.05, 0) is 49.6 Å². The number of hydrogen-bond acceptors (Lipinski definition) is 1. The molecule has 0 amide bonds. The minimum absolute atomic E-state index is 0.128. The maximum atomic E-state index is 13.3. The molecule has 0 aliphatic rings. The second-order valence-corrected chi connectivity index (χ2v) is 5.82. The highest BCUT2D eigenvalue weighted by Gasteiger charge is 2.11. The average Bonchev–Trinajstić information content (AvgIpc) is 2.32. The van der Waals surface area contributed by atoms with Crippen molar-refractivity contribution >= 4 is 15.9 Å². The van der Waals surface area contributed by atoms with Gasteiger partial charge in [-0.15, -0.1) is 0 Å². The predicted octanol–water partition coefficient (Wildman–Crippen LogP) is 4.45. The Morgan fingerprint density at radius 3 is 2.37 bits per heavy atom. The molecule has 0 aliphatic heterocycles. The van der Waals surface area contributed by atoms with Gasteiger partial charge in [-0.25, -0.2) is 4.39 Å². The number of aryl methyl sites for hydroxylation is 2. The highest BCUT2D eigenvalue weighted by atomic mass is 79.9. The van der Waals surface area contributed by atoms with Crippen molar-refractivity contribution in [2.75, 3.05) is 0 Å². The third-order valence-corrected chi connectivity index (χ3v) is 3.89. The van der Waals surface area contributed by atoms with Crippen LogP contribution < -0.4 is 5.73 Å². The summed E-state index contributed by atoms with van der Waals surface area (Å²) in [5.74, 6) is -0.231. The molecule has 1 atom stereocenters. The van der Waals surface area contributed by atoms with E-state index in [0.29, 0.717) is 6.42 Å². The molecule has 0 bridgehead atoms. The van der Waals surface area contributed by atoms with Gasteiger partial charge >= 0.3 is 0 Å². The first-order valence-electron chi connectivity index (χ1n) is 6.23. The molecule has 0 fully saturated rings. The van der Waals surface area contributed by atoms with Gasteiger partial charge in [-0.2, -0.15) is 0 Å². The highest BCUT2D eigenvalue weighted by molar-refractivity contribution is 9.10. The molecule has 2 aromatic carbocycles. The summed E-state index contributed by atoms with van der Waals surface area (Å²) in [6.07, 6.45) is 0.612. The van der Waals surface area contributed by atoms with Crippen LogP contribution in [0.3, 0.4) is 0 Å². The molecule has 0 saturated heterocycles. The smallest absolute Gasteiger partial charge is 0.123 e. The molecule has 0 heterocycles. The SMILES string of the molecule is Cc1cc(C)cc(C(N)Cc2cc(F)ccc2Br)c1. The first-order chi connectivity index (χ1) is 8.95. The van der Waals surface area contributed by atoms with Crippen molar-refractivity contribution in [2.45, 2.75) is 26.3 Å². The number of nitrogens with two attached hydrogens (primary N) is 1. The lowest BCUT2D eigenvalue weighted by Gasteiger charge is -2.15. The Bertz CT molecular complexity index is 575. The molecule has 1 unspecified atom stereocenters. The van der Waals surface area contributed by atoms with Gasteiger partial charge in [0.2, 0.25) is 0 Å². The molecule has 1 nitrogen and oxygen atoms in total. The minimum Gasteiger partial charge on any atom is -0.324 e. The van der Waals surface area contributed by atoms with Crippen LogP contribution in [0.15, 0.2) is 40.9 Å².